The van der Waals surface area contributed by atoms with E-state index in [-0.39, 0.29) is 21.7 Å². The maximum Gasteiger partial charge on any atom is 0.0465 e. The SMILES string of the molecule is CC(C)(C)c1cc2ccc3cc4c(c5ccc(c1)c2c35)-c1ccc(N(c2ccc3c(c2)C(C)(C)c2ccccc2-3)c2ccc3c(c2)C(C)(C)c2ccccc2-3)cc1C4(C)C. The fourth-order valence-electron chi connectivity index (χ4n) is 11.8. The zero-order chi connectivity index (χ0) is 41.2. The third-order valence-electron chi connectivity index (χ3n) is 15.1. The minimum Gasteiger partial charge on any atom is -0.310 e. The van der Waals surface area contributed by atoms with E-state index >= 15 is 0 Å². The van der Waals surface area contributed by atoms with E-state index in [1.807, 2.05) is 0 Å². The second-order valence-corrected chi connectivity index (χ2v) is 20.6. The van der Waals surface area contributed by atoms with Crippen LogP contribution in [0, 0.1) is 0 Å². The lowest BCUT2D eigenvalue weighted by molar-refractivity contribution is 0.591. The molecule has 0 atom stereocenters. The summed E-state index contributed by atoms with van der Waals surface area (Å²) in [7, 11) is 0. The third kappa shape index (κ3) is 4.59. The highest BCUT2D eigenvalue weighted by Gasteiger charge is 2.40. The quantitative estimate of drug-likeness (QED) is 0.162. The lowest BCUT2D eigenvalue weighted by Crippen LogP contribution is -2.19. The molecule has 1 heteroatoms. The Morgan fingerprint density at radius 1 is 0.367 bits per heavy atom. The van der Waals surface area contributed by atoms with E-state index < -0.39 is 0 Å². The normalized spacial score (nSPS) is 16.1. The van der Waals surface area contributed by atoms with E-state index in [2.05, 4.69) is 213 Å². The predicted octanol–water partition coefficient (Wildman–Crippen LogP) is 16.3. The van der Waals surface area contributed by atoms with E-state index in [0.29, 0.717) is 0 Å². The maximum absolute atomic E-state index is 2.53. The molecule has 1 nitrogen and oxygen atoms in total. The Kier molecular flexibility index (Phi) is 6.88. The minimum atomic E-state index is -0.195. The molecule has 0 saturated carbocycles. The van der Waals surface area contributed by atoms with Crippen LogP contribution in [0.3, 0.4) is 0 Å². The molecule has 60 heavy (non-hydrogen) atoms. The molecule has 3 aliphatic carbocycles. The molecule has 0 aromatic heterocycles. The van der Waals surface area contributed by atoms with Gasteiger partial charge in [-0.1, -0.05) is 165 Å². The summed E-state index contributed by atoms with van der Waals surface area (Å²) in [5.74, 6) is 0. The predicted molar refractivity (Wildman–Crippen MR) is 256 cm³/mol. The van der Waals surface area contributed by atoms with Crippen molar-refractivity contribution in [3.05, 3.63) is 185 Å². The first kappa shape index (κ1) is 35.7. The number of hydrogen-bond acceptors (Lipinski definition) is 1. The van der Waals surface area contributed by atoms with Crippen molar-refractivity contribution in [2.24, 2.45) is 0 Å². The zero-order valence-corrected chi connectivity index (χ0v) is 36.3. The number of hydrogen-bond donors (Lipinski definition) is 0. The lowest BCUT2D eigenvalue weighted by atomic mass is 9.79. The molecule has 0 aliphatic heterocycles. The van der Waals surface area contributed by atoms with Crippen LogP contribution >= 0.6 is 0 Å². The molecule has 0 amide bonds. The van der Waals surface area contributed by atoms with Crippen molar-refractivity contribution in [1.82, 2.24) is 0 Å². The largest absolute Gasteiger partial charge is 0.310 e. The second kappa shape index (κ2) is 11.5. The van der Waals surface area contributed by atoms with Crippen molar-refractivity contribution in [3.63, 3.8) is 0 Å². The van der Waals surface area contributed by atoms with Crippen molar-refractivity contribution >= 4 is 49.4 Å². The van der Waals surface area contributed by atoms with Gasteiger partial charge in [-0.15, -0.1) is 0 Å². The molecule has 9 aromatic rings. The van der Waals surface area contributed by atoms with Gasteiger partial charge in [0.2, 0.25) is 0 Å². The van der Waals surface area contributed by atoms with Crippen molar-refractivity contribution < 1.29 is 0 Å². The van der Waals surface area contributed by atoms with E-state index in [4.69, 9.17) is 0 Å². The highest BCUT2D eigenvalue weighted by Crippen LogP contribution is 2.57. The molecule has 9 aromatic carbocycles. The average molecular weight is 774 g/mol. The Labute approximate surface area is 354 Å². The van der Waals surface area contributed by atoms with Gasteiger partial charge < -0.3 is 4.90 Å². The number of rotatable bonds is 3. The van der Waals surface area contributed by atoms with Crippen LogP contribution in [0.1, 0.15) is 101 Å². The van der Waals surface area contributed by atoms with Gasteiger partial charge >= 0.3 is 0 Å². The Hall–Kier alpha value is -6.18. The van der Waals surface area contributed by atoms with E-state index in [1.54, 1.807) is 0 Å². The molecule has 0 unspecified atom stereocenters. The standard InChI is InChI=1S/C59H51N/c1-56(2,3)37-28-34-18-19-36-30-52-55(46-24-20-35(29-37)53(34)54(36)46)45-27-23-40(33-51(45)59(52,8)9)60(38-21-25-43-41-14-10-12-16-47(41)57(4,5)49(43)31-38)39-22-26-44-42-15-11-13-17-48(42)58(6,7)50(44)32-39/h10-33H,1-9H3. The van der Waals surface area contributed by atoms with Crippen molar-refractivity contribution in [2.75, 3.05) is 4.90 Å². The van der Waals surface area contributed by atoms with Crippen LogP contribution in [-0.4, -0.2) is 0 Å². The minimum absolute atomic E-state index is 0.0856. The molecule has 0 spiro atoms. The fourth-order valence-corrected chi connectivity index (χ4v) is 11.8. The Balaban J connectivity index is 1.07. The highest BCUT2D eigenvalue weighted by molar-refractivity contribution is 6.26. The van der Waals surface area contributed by atoms with Crippen LogP contribution in [0.2, 0.25) is 0 Å². The third-order valence-corrected chi connectivity index (χ3v) is 15.1. The molecule has 3 aliphatic rings. The van der Waals surface area contributed by atoms with Crippen LogP contribution < -0.4 is 4.90 Å². The lowest BCUT2D eigenvalue weighted by Gasteiger charge is -2.31. The molecule has 0 saturated heterocycles. The number of nitrogens with zero attached hydrogens (tertiary/aromatic N) is 1. The van der Waals surface area contributed by atoms with Gasteiger partial charge in [-0.25, -0.2) is 0 Å². The summed E-state index contributed by atoms with van der Waals surface area (Å²) in [5, 5.41) is 8.14. The van der Waals surface area contributed by atoms with Crippen LogP contribution in [0.5, 0.6) is 0 Å². The average Bonchev–Trinajstić information content (AvgIpc) is 3.71. The molecule has 12 rings (SSSR count). The van der Waals surface area contributed by atoms with Crippen molar-refractivity contribution in [3.8, 4) is 33.4 Å². The summed E-state index contributed by atoms with van der Waals surface area (Å²) < 4.78 is 0. The van der Waals surface area contributed by atoms with Crippen LogP contribution in [0.15, 0.2) is 146 Å². The first-order chi connectivity index (χ1) is 28.6. The van der Waals surface area contributed by atoms with Crippen molar-refractivity contribution in [1.29, 1.82) is 0 Å². The van der Waals surface area contributed by atoms with Gasteiger partial charge in [-0.05, 0) is 153 Å². The Morgan fingerprint density at radius 2 is 0.783 bits per heavy atom. The van der Waals surface area contributed by atoms with Gasteiger partial charge in [0.25, 0.3) is 0 Å². The fraction of sp³-hybridized carbons (Fsp3) is 0.220. The summed E-state index contributed by atoms with van der Waals surface area (Å²) in [6, 6.07) is 56.5. The summed E-state index contributed by atoms with van der Waals surface area (Å²) >= 11 is 0. The highest BCUT2D eigenvalue weighted by atomic mass is 15.1. The Bertz CT molecular complexity index is 3200. The molecular formula is C59H51N. The van der Waals surface area contributed by atoms with Gasteiger partial charge in [0.05, 0.1) is 0 Å². The molecule has 0 N–H and O–H groups in total. The topological polar surface area (TPSA) is 3.24 Å². The monoisotopic (exact) mass is 773 g/mol. The van der Waals surface area contributed by atoms with Gasteiger partial charge in [0.1, 0.15) is 0 Å². The van der Waals surface area contributed by atoms with E-state index in [9.17, 15) is 0 Å². The summed E-state index contributed by atoms with van der Waals surface area (Å²) in [5.41, 5.74) is 21.1. The number of fused-ring (bicyclic) bond motifs is 10. The van der Waals surface area contributed by atoms with Gasteiger partial charge in [0, 0.05) is 33.3 Å². The molecule has 0 radical (unpaired) electrons. The maximum atomic E-state index is 2.53. The van der Waals surface area contributed by atoms with Gasteiger partial charge in [-0.3, -0.25) is 0 Å². The molecule has 292 valence electrons. The Morgan fingerprint density at radius 3 is 1.30 bits per heavy atom. The number of anilines is 3. The summed E-state index contributed by atoms with van der Waals surface area (Å²) in [4.78, 5) is 2.53. The molecule has 0 bridgehead atoms. The van der Waals surface area contributed by atoms with Crippen LogP contribution in [-0.2, 0) is 21.7 Å². The summed E-state index contributed by atoms with van der Waals surface area (Å²) in [6.45, 7) is 21.4. The van der Waals surface area contributed by atoms with E-state index in [0.717, 1.165) is 0 Å². The van der Waals surface area contributed by atoms with Crippen LogP contribution in [0.4, 0.5) is 17.1 Å². The van der Waals surface area contributed by atoms with Crippen LogP contribution in [0.25, 0.3) is 65.7 Å². The van der Waals surface area contributed by atoms with Gasteiger partial charge in [-0.2, -0.15) is 0 Å². The second-order valence-electron chi connectivity index (χ2n) is 20.6. The summed E-state index contributed by atoms with van der Waals surface area (Å²) in [6.07, 6.45) is 0. The molecular weight excluding hydrogens is 723 g/mol. The number of benzene rings is 9. The van der Waals surface area contributed by atoms with Crippen molar-refractivity contribution in [2.45, 2.75) is 84.0 Å². The smallest absolute Gasteiger partial charge is 0.0465 e. The zero-order valence-electron chi connectivity index (χ0n) is 36.3. The first-order valence-corrected chi connectivity index (χ1v) is 21.8. The molecule has 0 fully saturated rings. The van der Waals surface area contributed by atoms with Gasteiger partial charge in [0.15, 0.2) is 0 Å². The van der Waals surface area contributed by atoms with E-state index in [1.165, 1.54) is 122 Å². The molecule has 0 heterocycles. The first-order valence-electron chi connectivity index (χ1n) is 21.8.